The van der Waals surface area contributed by atoms with Crippen molar-refractivity contribution >= 4 is 0 Å². The lowest BCUT2D eigenvalue weighted by Gasteiger charge is -2.25. The number of aromatic nitrogens is 1. The van der Waals surface area contributed by atoms with Crippen molar-refractivity contribution in [1.82, 2.24) is 14.8 Å². The Bertz CT molecular complexity index is 427. The van der Waals surface area contributed by atoms with Gasteiger partial charge < -0.3 is 15.0 Å². The average Bonchev–Trinajstić information content (AvgIpc) is 2.91. The van der Waals surface area contributed by atoms with E-state index in [1.54, 1.807) is 16.7 Å². The van der Waals surface area contributed by atoms with Crippen LogP contribution in [0.1, 0.15) is 12.8 Å². The van der Waals surface area contributed by atoms with Gasteiger partial charge in [0.15, 0.2) is 0 Å². The lowest BCUT2D eigenvalue weighted by Crippen LogP contribution is -2.41. The topological polar surface area (TPSA) is 57.5 Å². The summed E-state index contributed by atoms with van der Waals surface area (Å²) >= 11 is 0. The number of nitrogens with zero attached hydrogens (tertiary/aromatic N) is 2. The van der Waals surface area contributed by atoms with Crippen molar-refractivity contribution in [2.45, 2.75) is 25.4 Å². The molecule has 1 aliphatic rings. The molecule has 0 radical (unpaired) electrons. The molecule has 1 aromatic heterocycles. The number of hydrogen-bond donors (Lipinski definition) is 2. The van der Waals surface area contributed by atoms with Gasteiger partial charge in [-0.2, -0.15) is 0 Å². The monoisotopic (exact) mass is 265 g/mol. The Hall–Kier alpha value is -1.17. The lowest BCUT2D eigenvalue weighted by atomic mass is 10.2. The third kappa shape index (κ3) is 4.45. The minimum atomic E-state index is 0.0328. The van der Waals surface area contributed by atoms with E-state index in [2.05, 4.69) is 10.2 Å². The minimum Gasteiger partial charge on any atom is -0.395 e. The first-order valence-electron chi connectivity index (χ1n) is 7.01. The van der Waals surface area contributed by atoms with Crippen LogP contribution in [0.4, 0.5) is 0 Å². The van der Waals surface area contributed by atoms with Gasteiger partial charge in [-0.25, -0.2) is 0 Å². The number of aliphatic hydroxyl groups is 1. The van der Waals surface area contributed by atoms with E-state index in [0.29, 0.717) is 19.1 Å². The average molecular weight is 265 g/mol. The highest BCUT2D eigenvalue weighted by Gasteiger charge is 2.17. The molecule has 0 aromatic carbocycles. The van der Waals surface area contributed by atoms with Crippen LogP contribution in [0.3, 0.4) is 0 Å². The highest BCUT2D eigenvalue weighted by molar-refractivity contribution is 4.93. The number of pyridine rings is 1. The maximum Gasteiger partial charge on any atom is 0.250 e. The van der Waals surface area contributed by atoms with Crippen LogP contribution in [0.25, 0.3) is 0 Å². The molecule has 106 valence electrons. The molecule has 0 saturated carbocycles. The summed E-state index contributed by atoms with van der Waals surface area (Å²) in [6.07, 6.45) is 4.25. The standard InChI is InChI=1S/C14H23N3O2/c18-11-10-16(12-13-4-3-6-15-13)8-9-17-7-2-1-5-14(17)19/h1-2,5,7,13,15,18H,3-4,6,8-12H2. The molecule has 5 nitrogen and oxygen atoms in total. The smallest absolute Gasteiger partial charge is 0.250 e. The number of nitrogens with one attached hydrogen (secondary N) is 1. The molecule has 2 N–H and O–H groups in total. The van der Waals surface area contributed by atoms with Gasteiger partial charge >= 0.3 is 0 Å². The molecule has 0 aliphatic carbocycles. The largest absolute Gasteiger partial charge is 0.395 e. The Morgan fingerprint density at radius 1 is 1.42 bits per heavy atom. The molecule has 1 aliphatic heterocycles. The SMILES string of the molecule is O=c1ccccn1CCN(CCO)CC1CCCN1. The van der Waals surface area contributed by atoms with Gasteiger partial charge in [0.25, 0.3) is 5.56 Å². The summed E-state index contributed by atoms with van der Waals surface area (Å²) in [6.45, 7) is 4.34. The molecule has 0 bridgehead atoms. The van der Waals surface area contributed by atoms with E-state index in [-0.39, 0.29) is 12.2 Å². The molecule has 0 amide bonds. The highest BCUT2D eigenvalue weighted by atomic mass is 16.3. The lowest BCUT2D eigenvalue weighted by molar-refractivity contribution is 0.180. The van der Waals surface area contributed by atoms with Crippen LogP contribution in [-0.2, 0) is 6.54 Å². The Morgan fingerprint density at radius 3 is 3.00 bits per heavy atom. The summed E-state index contributed by atoms with van der Waals surface area (Å²) in [4.78, 5) is 13.8. The second-order valence-electron chi connectivity index (χ2n) is 5.05. The summed E-state index contributed by atoms with van der Waals surface area (Å²) in [7, 11) is 0. The molecule has 1 unspecified atom stereocenters. The summed E-state index contributed by atoms with van der Waals surface area (Å²) in [5, 5.41) is 12.6. The second-order valence-corrected chi connectivity index (χ2v) is 5.05. The van der Waals surface area contributed by atoms with E-state index >= 15 is 0 Å². The van der Waals surface area contributed by atoms with Gasteiger partial charge in [-0.1, -0.05) is 6.07 Å². The maximum atomic E-state index is 11.6. The third-order valence-corrected chi connectivity index (χ3v) is 3.61. The summed E-state index contributed by atoms with van der Waals surface area (Å²) in [5.41, 5.74) is 0.0328. The zero-order valence-corrected chi connectivity index (χ0v) is 11.3. The first kappa shape index (κ1) is 14.2. The fraction of sp³-hybridized carbons (Fsp3) is 0.643. The van der Waals surface area contributed by atoms with Crippen LogP contribution < -0.4 is 10.9 Å². The van der Waals surface area contributed by atoms with Crippen molar-refractivity contribution in [3.05, 3.63) is 34.7 Å². The Labute approximate surface area is 113 Å². The fourth-order valence-corrected chi connectivity index (χ4v) is 2.55. The van der Waals surface area contributed by atoms with Gasteiger partial charge in [-0.3, -0.25) is 9.69 Å². The number of rotatable bonds is 7. The second kappa shape index (κ2) is 7.43. The van der Waals surface area contributed by atoms with Gasteiger partial charge in [0.2, 0.25) is 0 Å². The van der Waals surface area contributed by atoms with E-state index in [1.807, 2.05) is 12.3 Å². The molecular formula is C14H23N3O2. The first-order chi connectivity index (χ1) is 9.29. The first-order valence-corrected chi connectivity index (χ1v) is 7.01. The van der Waals surface area contributed by atoms with Crippen LogP contribution in [-0.4, -0.2) is 53.4 Å². The van der Waals surface area contributed by atoms with Crippen molar-refractivity contribution in [2.75, 3.05) is 32.8 Å². The van der Waals surface area contributed by atoms with E-state index in [1.165, 1.54) is 12.8 Å². The van der Waals surface area contributed by atoms with Crippen molar-refractivity contribution < 1.29 is 5.11 Å². The molecule has 0 spiro atoms. The maximum absolute atomic E-state index is 11.6. The van der Waals surface area contributed by atoms with E-state index in [9.17, 15) is 4.79 Å². The van der Waals surface area contributed by atoms with Crippen molar-refractivity contribution in [3.8, 4) is 0 Å². The summed E-state index contributed by atoms with van der Waals surface area (Å²) in [6, 6.07) is 5.73. The molecule has 5 heteroatoms. The van der Waals surface area contributed by atoms with Crippen molar-refractivity contribution in [3.63, 3.8) is 0 Å². The van der Waals surface area contributed by atoms with Gasteiger partial charge in [0.05, 0.1) is 6.61 Å². The predicted molar refractivity (Wildman–Crippen MR) is 75.3 cm³/mol. The molecular weight excluding hydrogens is 242 g/mol. The molecule has 1 fully saturated rings. The zero-order chi connectivity index (χ0) is 13.5. The highest BCUT2D eigenvalue weighted by Crippen LogP contribution is 2.06. The van der Waals surface area contributed by atoms with Gasteiger partial charge in [0.1, 0.15) is 0 Å². The van der Waals surface area contributed by atoms with Crippen LogP contribution in [0.5, 0.6) is 0 Å². The Balaban J connectivity index is 1.85. The third-order valence-electron chi connectivity index (χ3n) is 3.61. The molecule has 1 saturated heterocycles. The summed E-state index contributed by atoms with van der Waals surface area (Å²) in [5.74, 6) is 0. The molecule has 2 rings (SSSR count). The molecule has 1 atom stereocenters. The Morgan fingerprint density at radius 2 is 2.32 bits per heavy atom. The van der Waals surface area contributed by atoms with Crippen LogP contribution >= 0.6 is 0 Å². The van der Waals surface area contributed by atoms with Crippen molar-refractivity contribution in [2.24, 2.45) is 0 Å². The minimum absolute atomic E-state index is 0.0328. The van der Waals surface area contributed by atoms with Crippen molar-refractivity contribution in [1.29, 1.82) is 0 Å². The number of hydrogen-bond acceptors (Lipinski definition) is 4. The van der Waals surface area contributed by atoms with Gasteiger partial charge in [-0.15, -0.1) is 0 Å². The van der Waals surface area contributed by atoms with E-state index in [4.69, 9.17) is 5.11 Å². The Kier molecular flexibility index (Phi) is 5.57. The van der Waals surface area contributed by atoms with Crippen LogP contribution in [0, 0.1) is 0 Å². The molecule has 1 aromatic rings. The van der Waals surface area contributed by atoms with E-state index in [0.717, 1.165) is 19.6 Å². The quantitative estimate of drug-likeness (QED) is 0.722. The summed E-state index contributed by atoms with van der Waals surface area (Å²) < 4.78 is 1.71. The zero-order valence-electron chi connectivity index (χ0n) is 11.3. The number of aliphatic hydroxyl groups excluding tert-OH is 1. The van der Waals surface area contributed by atoms with Crippen LogP contribution in [0.2, 0.25) is 0 Å². The fourth-order valence-electron chi connectivity index (χ4n) is 2.55. The van der Waals surface area contributed by atoms with Gasteiger partial charge in [-0.05, 0) is 25.5 Å². The van der Waals surface area contributed by atoms with E-state index < -0.39 is 0 Å². The predicted octanol–water partition coefficient (Wildman–Crippen LogP) is -0.105. The van der Waals surface area contributed by atoms with Gasteiger partial charge in [0, 0.05) is 44.5 Å². The molecule has 2 heterocycles. The molecule has 19 heavy (non-hydrogen) atoms. The normalized spacial score (nSPS) is 19.2. The van der Waals surface area contributed by atoms with Crippen LogP contribution in [0.15, 0.2) is 29.2 Å².